The number of hydrogen-bond donors (Lipinski definition) is 1. The van der Waals surface area contributed by atoms with Gasteiger partial charge in [0.25, 0.3) is 5.91 Å². The molecule has 1 saturated heterocycles. The molecule has 8 heteroatoms. The second-order valence-electron chi connectivity index (χ2n) is 8.61. The lowest BCUT2D eigenvalue weighted by molar-refractivity contribution is -0.138. The molecule has 1 N–H and O–H groups in total. The van der Waals surface area contributed by atoms with Crippen LogP contribution in [0.3, 0.4) is 0 Å². The van der Waals surface area contributed by atoms with Crippen molar-refractivity contribution in [1.82, 2.24) is 10.2 Å². The molecule has 1 aliphatic heterocycles. The average Bonchev–Trinajstić information content (AvgIpc) is 2.81. The third kappa shape index (κ3) is 6.73. The first-order valence-electron chi connectivity index (χ1n) is 11.1. The van der Waals surface area contributed by atoms with E-state index in [0.29, 0.717) is 37.2 Å². The third-order valence-corrected chi connectivity index (χ3v) is 5.86. The minimum atomic E-state index is -4.44. The molecule has 2 amide bonds. The molecule has 0 bridgehead atoms. The van der Waals surface area contributed by atoms with Crippen LogP contribution in [-0.2, 0) is 15.8 Å². The highest BCUT2D eigenvalue weighted by atomic mass is 19.4. The Balaban J connectivity index is 1.54. The molecule has 5 nitrogen and oxygen atoms in total. The van der Waals surface area contributed by atoms with Crippen molar-refractivity contribution < 1.29 is 27.5 Å². The summed E-state index contributed by atoms with van der Waals surface area (Å²) in [6.45, 7) is 4.53. The number of nitrogens with zero attached hydrogens (tertiary/aromatic N) is 1. The van der Waals surface area contributed by atoms with Crippen LogP contribution in [0.1, 0.15) is 43.9 Å². The Morgan fingerprint density at radius 3 is 2.33 bits per heavy atom. The fourth-order valence-electron chi connectivity index (χ4n) is 3.96. The van der Waals surface area contributed by atoms with Crippen LogP contribution in [-0.4, -0.2) is 36.4 Å². The van der Waals surface area contributed by atoms with Gasteiger partial charge in [-0.2, -0.15) is 13.2 Å². The van der Waals surface area contributed by atoms with E-state index in [9.17, 15) is 22.8 Å². The Labute approximate surface area is 191 Å². The zero-order valence-corrected chi connectivity index (χ0v) is 18.8. The van der Waals surface area contributed by atoms with Crippen molar-refractivity contribution >= 4 is 11.8 Å². The number of rotatable bonds is 7. The van der Waals surface area contributed by atoms with E-state index in [1.165, 1.54) is 6.07 Å². The number of likely N-dealkylation sites (tertiary alicyclic amines) is 1. The van der Waals surface area contributed by atoms with Crippen LogP contribution in [0.2, 0.25) is 0 Å². The number of benzene rings is 2. The van der Waals surface area contributed by atoms with Gasteiger partial charge in [0, 0.05) is 19.0 Å². The Morgan fingerprint density at radius 1 is 1.06 bits per heavy atom. The molecule has 0 saturated carbocycles. The second kappa shape index (κ2) is 10.7. The molecular formula is C25H29F3N2O3. The van der Waals surface area contributed by atoms with E-state index in [0.717, 1.165) is 12.1 Å². The monoisotopic (exact) mass is 462 g/mol. The van der Waals surface area contributed by atoms with Crippen molar-refractivity contribution in [1.29, 1.82) is 0 Å². The van der Waals surface area contributed by atoms with Gasteiger partial charge < -0.3 is 15.0 Å². The minimum absolute atomic E-state index is 0.0636. The first-order valence-corrected chi connectivity index (χ1v) is 11.1. The number of piperidine rings is 1. The molecule has 2 aromatic carbocycles. The van der Waals surface area contributed by atoms with E-state index in [1.807, 2.05) is 32.0 Å². The van der Waals surface area contributed by atoms with Gasteiger partial charge in [0.05, 0.1) is 11.6 Å². The molecule has 33 heavy (non-hydrogen) atoms. The van der Waals surface area contributed by atoms with Crippen LogP contribution < -0.4 is 10.1 Å². The first kappa shape index (κ1) is 24.6. The van der Waals surface area contributed by atoms with Crippen molar-refractivity contribution in [2.75, 3.05) is 19.7 Å². The van der Waals surface area contributed by atoms with Gasteiger partial charge in [-0.25, -0.2) is 0 Å². The fraction of sp³-hybridized carbons (Fsp3) is 0.440. The Morgan fingerprint density at radius 2 is 1.73 bits per heavy atom. The highest BCUT2D eigenvalue weighted by molar-refractivity contribution is 5.81. The summed E-state index contributed by atoms with van der Waals surface area (Å²) in [5.41, 5.74) is -0.303. The zero-order chi connectivity index (χ0) is 24.0. The summed E-state index contributed by atoms with van der Waals surface area (Å²) in [4.78, 5) is 27.0. The standard InChI is InChI=1S/C25H29F3N2O3/c1-17(2)23(19-7-6-8-20(15-19)25(26,27)28)29-24(32)18-11-13-30(14-12-18)22(31)16-33-21-9-4-3-5-10-21/h3-10,15,17-18,23H,11-14,16H2,1-2H3,(H,29,32). The van der Waals surface area contributed by atoms with Crippen LogP contribution in [0.4, 0.5) is 13.2 Å². The molecule has 1 atom stereocenters. The molecule has 1 fully saturated rings. The van der Waals surface area contributed by atoms with Gasteiger partial charge >= 0.3 is 6.18 Å². The summed E-state index contributed by atoms with van der Waals surface area (Å²) in [5, 5.41) is 2.94. The predicted octanol–water partition coefficient (Wildman–Crippen LogP) is 4.84. The number of para-hydroxylation sites is 1. The van der Waals surface area contributed by atoms with E-state index in [1.54, 1.807) is 23.1 Å². The number of ether oxygens (including phenoxy) is 1. The van der Waals surface area contributed by atoms with Crippen molar-refractivity contribution in [3.63, 3.8) is 0 Å². The Bertz CT molecular complexity index is 939. The van der Waals surface area contributed by atoms with Crippen LogP contribution in [0, 0.1) is 11.8 Å². The lowest BCUT2D eigenvalue weighted by atomic mass is 9.91. The number of alkyl halides is 3. The van der Waals surface area contributed by atoms with Gasteiger partial charge in [0.2, 0.25) is 5.91 Å². The zero-order valence-electron chi connectivity index (χ0n) is 18.8. The lowest BCUT2D eigenvalue weighted by Gasteiger charge is -2.33. The van der Waals surface area contributed by atoms with Gasteiger partial charge in [-0.15, -0.1) is 0 Å². The normalized spacial score (nSPS) is 15.9. The smallest absolute Gasteiger partial charge is 0.416 e. The molecule has 0 radical (unpaired) electrons. The van der Waals surface area contributed by atoms with E-state index >= 15 is 0 Å². The maximum Gasteiger partial charge on any atom is 0.416 e. The quantitative estimate of drug-likeness (QED) is 0.641. The summed E-state index contributed by atoms with van der Waals surface area (Å²) in [7, 11) is 0. The van der Waals surface area contributed by atoms with Crippen LogP contribution in [0.5, 0.6) is 5.75 Å². The van der Waals surface area contributed by atoms with Crippen LogP contribution in [0.25, 0.3) is 0 Å². The molecule has 0 spiro atoms. The number of hydrogen-bond acceptors (Lipinski definition) is 3. The van der Waals surface area contributed by atoms with Crippen molar-refractivity contribution in [2.45, 2.75) is 38.9 Å². The number of carbonyl (C=O) groups excluding carboxylic acids is 2. The van der Waals surface area contributed by atoms with Crippen LogP contribution in [0.15, 0.2) is 54.6 Å². The van der Waals surface area contributed by atoms with Gasteiger partial charge in [-0.3, -0.25) is 9.59 Å². The van der Waals surface area contributed by atoms with Gasteiger partial charge in [-0.05, 0) is 48.6 Å². The number of halogens is 3. The largest absolute Gasteiger partial charge is 0.484 e. The maximum atomic E-state index is 13.1. The third-order valence-electron chi connectivity index (χ3n) is 5.86. The van der Waals surface area contributed by atoms with Crippen molar-refractivity contribution in [3.05, 3.63) is 65.7 Å². The SMILES string of the molecule is CC(C)C(NC(=O)C1CCN(C(=O)COc2ccccc2)CC1)c1cccc(C(F)(F)F)c1. The van der Waals surface area contributed by atoms with E-state index < -0.39 is 17.8 Å². The molecular weight excluding hydrogens is 433 g/mol. The molecule has 0 aromatic heterocycles. The van der Waals surface area contributed by atoms with Crippen molar-refractivity contribution in [3.8, 4) is 5.75 Å². The highest BCUT2D eigenvalue weighted by Crippen LogP contribution is 2.32. The van der Waals surface area contributed by atoms with Gasteiger partial charge in [-0.1, -0.05) is 44.2 Å². The Hall–Kier alpha value is -3.03. The summed E-state index contributed by atoms with van der Waals surface area (Å²) < 4.78 is 44.8. The molecule has 1 heterocycles. The number of carbonyl (C=O) groups is 2. The lowest BCUT2D eigenvalue weighted by Crippen LogP contribution is -2.45. The molecule has 0 aliphatic carbocycles. The van der Waals surface area contributed by atoms with Gasteiger partial charge in [0.15, 0.2) is 6.61 Å². The molecule has 1 aliphatic rings. The number of nitrogens with one attached hydrogen (secondary N) is 1. The van der Waals surface area contributed by atoms with Crippen LogP contribution >= 0.6 is 0 Å². The predicted molar refractivity (Wildman–Crippen MR) is 118 cm³/mol. The average molecular weight is 463 g/mol. The topological polar surface area (TPSA) is 58.6 Å². The summed E-state index contributed by atoms with van der Waals surface area (Å²) in [6, 6.07) is 13.6. The summed E-state index contributed by atoms with van der Waals surface area (Å²) >= 11 is 0. The fourth-order valence-corrected chi connectivity index (χ4v) is 3.96. The summed E-state index contributed by atoms with van der Waals surface area (Å²) in [6.07, 6.45) is -3.45. The maximum absolute atomic E-state index is 13.1. The summed E-state index contributed by atoms with van der Waals surface area (Å²) in [5.74, 6) is -0.0970. The van der Waals surface area contributed by atoms with E-state index in [-0.39, 0.29) is 30.3 Å². The number of amides is 2. The second-order valence-corrected chi connectivity index (χ2v) is 8.61. The van der Waals surface area contributed by atoms with Crippen molar-refractivity contribution in [2.24, 2.45) is 11.8 Å². The van der Waals surface area contributed by atoms with E-state index in [4.69, 9.17) is 4.74 Å². The molecule has 178 valence electrons. The Kier molecular flexibility index (Phi) is 8.00. The minimum Gasteiger partial charge on any atom is -0.484 e. The molecule has 3 rings (SSSR count). The first-order chi connectivity index (χ1) is 15.6. The molecule has 1 unspecified atom stereocenters. The van der Waals surface area contributed by atoms with Gasteiger partial charge in [0.1, 0.15) is 5.75 Å². The van der Waals surface area contributed by atoms with E-state index in [2.05, 4.69) is 5.32 Å². The highest BCUT2D eigenvalue weighted by Gasteiger charge is 2.33. The molecule has 2 aromatic rings.